The van der Waals surface area contributed by atoms with Crippen LogP contribution in [0.15, 0.2) is 134 Å². The molecule has 0 radical (unpaired) electrons. The van der Waals surface area contributed by atoms with Crippen molar-refractivity contribution in [2.75, 3.05) is 0 Å². The van der Waals surface area contributed by atoms with E-state index in [4.69, 9.17) is 19.9 Å². The molecule has 0 fully saturated rings. The summed E-state index contributed by atoms with van der Waals surface area (Å²) in [6.45, 7) is 0. The molecule has 0 unspecified atom stereocenters. The molecule has 4 aromatic heterocycles. The molecule has 9 aromatic rings. The standard InChI is InChI=1S/C38H22N4/c1-2-11-27-26(10-1)31-15-7-19-40-36(31)38-32(27)16-17-34(42-38)24-9-5-8-23(20-24)25-21-33-29-13-4-3-12-28(29)30-14-6-18-39-35(30)37(33)41-22-25/h1-22H. The van der Waals surface area contributed by atoms with Crippen LogP contribution in [-0.4, -0.2) is 19.9 Å². The fourth-order valence-corrected chi connectivity index (χ4v) is 6.42. The Morgan fingerprint density at radius 3 is 1.57 bits per heavy atom. The second-order valence-corrected chi connectivity index (χ2v) is 10.7. The summed E-state index contributed by atoms with van der Waals surface area (Å²) in [5.74, 6) is 0. The van der Waals surface area contributed by atoms with Gasteiger partial charge < -0.3 is 0 Å². The van der Waals surface area contributed by atoms with Crippen LogP contribution >= 0.6 is 0 Å². The van der Waals surface area contributed by atoms with Crippen molar-refractivity contribution >= 4 is 65.2 Å². The maximum absolute atomic E-state index is 5.20. The predicted molar refractivity (Wildman–Crippen MR) is 174 cm³/mol. The van der Waals surface area contributed by atoms with Crippen LogP contribution in [0.25, 0.3) is 87.5 Å². The van der Waals surface area contributed by atoms with E-state index in [0.29, 0.717) is 0 Å². The first-order valence-electron chi connectivity index (χ1n) is 14.1. The minimum atomic E-state index is 0.918. The lowest BCUT2D eigenvalue weighted by atomic mass is 9.96. The zero-order valence-electron chi connectivity index (χ0n) is 22.5. The monoisotopic (exact) mass is 534 g/mol. The highest BCUT2D eigenvalue weighted by molar-refractivity contribution is 6.24. The highest BCUT2D eigenvalue weighted by Gasteiger charge is 2.14. The molecule has 0 aliphatic heterocycles. The number of hydrogen-bond acceptors (Lipinski definition) is 4. The third kappa shape index (κ3) is 3.36. The molecule has 0 aliphatic rings. The highest BCUT2D eigenvalue weighted by atomic mass is 14.8. The van der Waals surface area contributed by atoms with Gasteiger partial charge in [0.05, 0.1) is 27.8 Å². The zero-order chi connectivity index (χ0) is 27.6. The lowest BCUT2D eigenvalue weighted by molar-refractivity contribution is 1.37. The Labute approximate surface area is 241 Å². The first-order valence-corrected chi connectivity index (χ1v) is 14.1. The molecule has 5 aromatic carbocycles. The van der Waals surface area contributed by atoms with Crippen LogP contribution in [0.2, 0.25) is 0 Å². The number of fused-ring (bicyclic) bond motifs is 12. The molecule has 0 spiro atoms. The number of benzene rings is 5. The van der Waals surface area contributed by atoms with E-state index < -0.39 is 0 Å². The molecule has 194 valence electrons. The van der Waals surface area contributed by atoms with E-state index in [1.807, 2.05) is 30.7 Å². The van der Waals surface area contributed by atoms with Crippen molar-refractivity contribution in [3.8, 4) is 22.4 Å². The van der Waals surface area contributed by atoms with Gasteiger partial charge in [0.2, 0.25) is 0 Å². The van der Waals surface area contributed by atoms with Gasteiger partial charge in [-0.05, 0) is 63.5 Å². The molecule has 0 saturated heterocycles. The van der Waals surface area contributed by atoms with Gasteiger partial charge in [-0.25, -0.2) is 4.98 Å². The van der Waals surface area contributed by atoms with Gasteiger partial charge in [-0.1, -0.05) is 78.9 Å². The molecular formula is C38H22N4. The van der Waals surface area contributed by atoms with Crippen molar-refractivity contribution in [1.82, 2.24) is 19.9 Å². The van der Waals surface area contributed by atoms with Gasteiger partial charge in [-0.3, -0.25) is 15.0 Å². The van der Waals surface area contributed by atoms with Gasteiger partial charge in [0.1, 0.15) is 0 Å². The van der Waals surface area contributed by atoms with Gasteiger partial charge >= 0.3 is 0 Å². The first kappa shape index (κ1) is 23.0. The summed E-state index contributed by atoms with van der Waals surface area (Å²) in [4.78, 5) is 19.6. The van der Waals surface area contributed by atoms with Crippen molar-refractivity contribution in [2.24, 2.45) is 0 Å². The van der Waals surface area contributed by atoms with Crippen molar-refractivity contribution in [1.29, 1.82) is 0 Å². The fraction of sp³-hybridized carbons (Fsp3) is 0. The third-order valence-corrected chi connectivity index (χ3v) is 8.35. The lowest BCUT2D eigenvalue weighted by Crippen LogP contribution is -1.92. The van der Waals surface area contributed by atoms with Gasteiger partial charge in [0, 0.05) is 51.3 Å². The van der Waals surface area contributed by atoms with Crippen molar-refractivity contribution in [3.05, 3.63) is 134 Å². The van der Waals surface area contributed by atoms with E-state index >= 15 is 0 Å². The summed E-state index contributed by atoms with van der Waals surface area (Å²) in [6.07, 6.45) is 5.65. The van der Waals surface area contributed by atoms with Crippen molar-refractivity contribution in [3.63, 3.8) is 0 Å². The van der Waals surface area contributed by atoms with Crippen LogP contribution in [0, 0.1) is 0 Å². The van der Waals surface area contributed by atoms with Crippen LogP contribution < -0.4 is 0 Å². The Kier molecular flexibility index (Phi) is 4.87. The van der Waals surface area contributed by atoms with E-state index in [-0.39, 0.29) is 0 Å². The Hall–Kier alpha value is -5.74. The summed E-state index contributed by atoms with van der Waals surface area (Å²) in [7, 11) is 0. The van der Waals surface area contributed by atoms with Crippen molar-refractivity contribution in [2.45, 2.75) is 0 Å². The number of nitrogens with zero attached hydrogens (tertiary/aromatic N) is 4. The molecule has 0 N–H and O–H groups in total. The summed E-state index contributed by atoms with van der Waals surface area (Å²) in [5.41, 5.74) is 7.82. The Morgan fingerprint density at radius 1 is 0.333 bits per heavy atom. The SMILES string of the molecule is c1cc(-c2cnc3c(c2)c2ccccc2c2cccnc23)cc(-c2ccc3c4ccccc4c4cccnc4c3n2)c1. The van der Waals surface area contributed by atoms with Gasteiger partial charge in [0.25, 0.3) is 0 Å². The van der Waals surface area contributed by atoms with Crippen molar-refractivity contribution < 1.29 is 0 Å². The van der Waals surface area contributed by atoms with E-state index in [1.165, 1.54) is 21.5 Å². The first-order chi connectivity index (χ1) is 20.8. The van der Waals surface area contributed by atoms with E-state index in [0.717, 1.165) is 66.0 Å². The smallest absolute Gasteiger partial charge is 0.0978 e. The maximum atomic E-state index is 5.20. The highest BCUT2D eigenvalue weighted by Crippen LogP contribution is 2.37. The molecule has 0 atom stereocenters. The number of hydrogen-bond donors (Lipinski definition) is 0. The van der Waals surface area contributed by atoms with E-state index in [2.05, 4.69) is 103 Å². The van der Waals surface area contributed by atoms with Gasteiger partial charge in [-0.15, -0.1) is 0 Å². The van der Waals surface area contributed by atoms with Crippen LogP contribution in [0.5, 0.6) is 0 Å². The number of pyridine rings is 4. The van der Waals surface area contributed by atoms with Crippen LogP contribution in [0.1, 0.15) is 0 Å². The Bertz CT molecular complexity index is 2290. The molecular weight excluding hydrogens is 512 g/mol. The normalized spacial score (nSPS) is 11.8. The number of aromatic nitrogens is 4. The van der Waals surface area contributed by atoms with Crippen LogP contribution in [0.3, 0.4) is 0 Å². The van der Waals surface area contributed by atoms with E-state index in [1.54, 1.807) is 0 Å². The Morgan fingerprint density at radius 2 is 0.881 bits per heavy atom. The zero-order valence-corrected chi connectivity index (χ0v) is 22.5. The summed E-state index contributed by atoms with van der Waals surface area (Å²) in [5, 5.41) is 9.23. The third-order valence-electron chi connectivity index (χ3n) is 8.35. The molecule has 0 aliphatic carbocycles. The topological polar surface area (TPSA) is 51.6 Å². The maximum Gasteiger partial charge on any atom is 0.0978 e. The fourth-order valence-electron chi connectivity index (χ4n) is 6.42. The Balaban J connectivity index is 1.23. The number of rotatable bonds is 2. The molecule has 0 amide bonds. The average molecular weight is 535 g/mol. The quantitative estimate of drug-likeness (QED) is 0.207. The molecule has 9 rings (SSSR count). The van der Waals surface area contributed by atoms with Crippen LogP contribution in [0.4, 0.5) is 0 Å². The predicted octanol–water partition coefficient (Wildman–Crippen LogP) is 9.52. The second-order valence-electron chi connectivity index (χ2n) is 10.7. The van der Waals surface area contributed by atoms with Gasteiger partial charge in [-0.2, -0.15) is 0 Å². The molecule has 4 heteroatoms. The summed E-state index contributed by atoms with van der Waals surface area (Å²) in [6, 6.07) is 40.4. The molecule has 42 heavy (non-hydrogen) atoms. The summed E-state index contributed by atoms with van der Waals surface area (Å²) >= 11 is 0. The molecule has 0 bridgehead atoms. The average Bonchev–Trinajstić information content (AvgIpc) is 3.08. The minimum Gasteiger partial charge on any atom is -0.254 e. The van der Waals surface area contributed by atoms with Crippen LogP contribution in [-0.2, 0) is 0 Å². The van der Waals surface area contributed by atoms with Gasteiger partial charge in [0.15, 0.2) is 0 Å². The molecule has 4 nitrogen and oxygen atoms in total. The molecule has 0 saturated carbocycles. The van der Waals surface area contributed by atoms with E-state index in [9.17, 15) is 0 Å². The summed E-state index contributed by atoms with van der Waals surface area (Å²) < 4.78 is 0. The minimum absolute atomic E-state index is 0.918. The molecule has 4 heterocycles. The largest absolute Gasteiger partial charge is 0.254 e. The second kappa shape index (κ2) is 8.88. The lowest BCUT2D eigenvalue weighted by Gasteiger charge is -2.12.